The average Bonchev–Trinajstić information content (AvgIpc) is 3.16. The molecule has 1 atom stereocenters. The third-order valence-electron chi connectivity index (χ3n) is 3.89. The highest BCUT2D eigenvalue weighted by atomic mass is 32.1. The predicted octanol–water partition coefficient (Wildman–Crippen LogP) is 3.13. The molecule has 4 nitrogen and oxygen atoms in total. The lowest BCUT2D eigenvalue weighted by molar-refractivity contribution is -0.141. The van der Waals surface area contributed by atoms with Gasteiger partial charge in [-0.3, -0.25) is 9.59 Å². The standard InChI is InChI=1S/C16H17NO3S/c18-15(12-3-4-14-11(8-12)5-6-21-14)17-9-13(16(19)20)7-10-1-2-10/h3-6,8,10,13H,1-2,7,9H2,(H,17,18)(H,19,20). The minimum Gasteiger partial charge on any atom is -0.481 e. The van der Waals surface area contributed by atoms with E-state index in [-0.39, 0.29) is 12.5 Å². The predicted molar refractivity (Wildman–Crippen MR) is 82.6 cm³/mol. The van der Waals surface area contributed by atoms with Gasteiger partial charge in [-0.15, -0.1) is 11.3 Å². The number of rotatable bonds is 6. The van der Waals surface area contributed by atoms with Gasteiger partial charge in [0.15, 0.2) is 0 Å². The van der Waals surface area contributed by atoms with E-state index in [4.69, 9.17) is 0 Å². The Hall–Kier alpha value is -1.88. The summed E-state index contributed by atoms with van der Waals surface area (Å²) in [5.41, 5.74) is 0.580. The Morgan fingerprint density at radius 1 is 1.33 bits per heavy atom. The minimum absolute atomic E-state index is 0.201. The lowest BCUT2D eigenvalue weighted by Crippen LogP contribution is -2.33. The van der Waals surface area contributed by atoms with Crippen LogP contribution in [0.2, 0.25) is 0 Å². The van der Waals surface area contributed by atoms with Crippen molar-refractivity contribution in [3.05, 3.63) is 35.2 Å². The summed E-state index contributed by atoms with van der Waals surface area (Å²) < 4.78 is 1.14. The molecule has 0 radical (unpaired) electrons. The fourth-order valence-electron chi connectivity index (χ4n) is 2.45. The number of amides is 1. The number of hydrogen-bond acceptors (Lipinski definition) is 3. The van der Waals surface area contributed by atoms with Gasteiger partial charge in [0.2, 0.25) is 0 Å². The average molecular weight is 303 g/mol. The van der Waals surface area contributed by atoms with E-state index in [0.717, 1.165) is 22.9 Å². The Morgan fingerprint density at radius 2 is 2.14 bits per heavy atom. The van der Waals surface area contributed by atoms with Gasteiger partial charge in [-0.25, -0.2) is 0 Å². The van der Waals surface area contributed by atoms with E-state index in [9.17, 15) is 14.7 Å². The summed E-state index contributed by atoms with van der Waals surface area (Å²) in [6.45, 7) is 0.201. The molecule has 1 unspecified atom stereocenters. The van der Waals surface area contributed by atoms with Crippen molar-refractivity contribution in [2.24, 2.45) is 11.8 Å². The number of hydrogen-bond donors (Lipinski definition) is 2. The summed E-state index contributed by atoms with van der Waals surface area (Å²) >= 11 is 1.63. The lowest BCUT2D eigenvalue weighted by atomic mass is 10.0. The van der Waals surface area contributed by atoms with E-state index in [0.29, 0.717) is 17.9 Å². The molecule has 1 aromatic heterocycles. The van der Waals surface area contributed by atoms with Crippen LogP contribution in [0.1, 0.15) is 29.6 Å². The summed E-state index contributed by atoms with van der Waals surface area (Å²) in [6, 6.07) is 7.53. The molecule has 110 valence electrons. The molecule has 1 amide bonds. The van der Waals surface area contributed by atoms with Crippen molar-refractivity contribution in [1.82, 2.24) is 5.32 Å². The van der Waals surface area contributed by atoms with Gasteiger partial charge in [0.25, 0.3) is 5.91 Å². The van der Waals surface area contributed by atoms with Crippen LogP contribution in [-0.2, 0) is 4.79 Å². The first-order valence-corrected chi connectivity index (χ1v) is 7.99. The first-order valence-electron chi connectivity index (χ1n) is 7.12. The van der Waals surface area contributed by atoms with E-state index in [1.165, 1.54) is 0 Å². The summed E-state index contributed by atoms with van der Waals surface area (Å²) in [7, 11) is 0. The molecule has 1 aliphatic rings. The normalized spacial score (nSPS) is 15.8. The van der Waals surface area contributed by atoms with E-state index in [1.54, 1.807) is 17.4 Å². The maximum absolute atomic E-state index is 12.1. The summed E-state index contributed by atoms with van der Waals surface area (Å²) in [4.78, 5) is 23.3. The molecule has 0 spiro atoms. The Morgan fingerprint density at radius 3 is 2.86 bits per heavy atom. The monoisotopic (exact) mass is 303 g/mol. The van der Waals surface area contributed by atoms with Crippen LogP contribution in [-0.4, -0.2) is 23.5 Å². The molecular formula is C16H17NO3S. The van der Waals surface area contributed by atoms with Crippen LogP contribution in [0, 0.1) is 11.8 Å². The van der Waals surface area contributed by atoms with Crippen molar-refractivity contribution in [1.29, 1.82) is 0 Å². The fourth-order valence-corrected chi connectivity index (χ4v) is 3.22. The van der Waals surface area contributed by atoms with Crippen LogP contribution < -0.4 is 5.32 Å². The Labute approximate surface area is 126 Å². The second-order valence-corrected chi connectivity index (χ2v) is 6.55. The van der Waals surface area contributed by atoms with Crippen molar-refractivity contribution in [3.8, 4) is 0 Å². The zero-order valence-electron chi connectivity index (χ0n) is 11.5. The van der Waals surface area contributed by atoms with Gasteiger partial charge in [0, 0.05) is 16.8 Å². The minimum atomic E-state index is -0.824. The number of carboxylic acids is 1. The van der Waals surface area contributed by atoms with Gasteiger partial charge in [-0.1, -0.05) is 12.8 Å². The van der Waals surface area contributed by atoms with Crippen molar-refractivity contribution < 1.29 is 14.7 Å². The van der Waals surface area contributed by atoms with Gasteiger partial charge in [-0.2, -0.15) is 0 Å². The van der Waals surface area contributed by atoms with Crippen molar-refractivity contribution in [3.63, 3.8) is 0 Å². The summed E-state index contributed by atoms with van der Waals surface area (Å²) in [5.74, 6) is -0.975. The number of benzene rings is 1. The zero-order valence-corrected chi connectivity index (χ0v) is 12.4. The molecule has 0 bridgehead atoms. The quantitative estimate of drug-likeness (QED) is 0.861. The number of carboxylic acid groups (broad SMARTS) is 1. The first-order chi connectivity index (χ1) is 10.1. The molecule has 2 N–H and O–H groups in total. The highest BCUT2D eigenvalue weighted by Crippen LogP contribution is 2.35. The summed E-state index contributed by atoms with van der Waals surface area (Å²) in [6.07, 6.45) is 2.90. The number of thiophene rings is 1. The number of nitrogens with one attached hydrogen (secondary N) is 1. The highest BCUT2D eigenvalue weighted by Gasteiger charge is 2.29. The highest BCUT2D eigenvalue weighted by molar-refractivity contribution is 7.17. The second-order valence-electron chi connectivity index (χ2n) is 5.60. The van der Waals surface area contributed by atoms with Crippen LogP contribution in [0.4, 0.5) is 0 Å². The smallest absolute Gasteiger partial charge is 0.308 e. The van der Waals surface area contributed by atoms with Gasteiger partial charge in [0.1, 0.15) is 0 Å². The number of fused-ring (bicyclic) bond motifs is 1. The van der Waals surface area contributed by atoms with Gasteiger partial charge >= 0.3 is 5.97 Å². The van der Waals surface area contributed by atoms with Crippen molar-refractivity contribution in [2.75, 3.05) is 6.54 Å². The molecule has 0 saturated heterocycles. The molecule has 3 rings (SSSR count). The SMILES string of the molecule is O=C(NCC(CC1CC1)C(=O)O)c1ccc2sccc2c1. The number of carbonyl (C=O) groups excluding carboxylic acids is 1. The molecule has 1 heterocycles. The number of aliphatic carboxylic acids is 1. The Balaban J connectivity index is 1.62. The van der Waals surface area contributed by atoms with Crippen LogP contribution >= 0.6 is 11.3 Å². The van der Waals surface area contributed by atoms with Crippen LogP contribution in [0.25, 0.3) is 10.1 Å². The van der Waals surface area contributed by atoms with E-state index in [2.05, 4.69) is 5.32 Å². The van der Waals surface area contributed by atoms with Gasteiger partial charge in [0.05, 0.1) is 5.92 Å². The molecule has 0 aliphatic heterocycles. The molecular weight excluding hydrogens is 286 g/mol. The topological polar surface area (TPSA) is 66.4 Å². The third kappa shape index (κ3) is 3.42. The van der Waals surface area contributed by atoms with E-state index >= 15 is 0 Å². The molecule has 21 heavy (non-hydrogen) atoms. The Bertz CT molecular complexity index is 675. The zero-order chi connectivity index (χ0) is 14.8. The maximum atomic E-state index is 12.1. The van der Waals surface area contributed by atoms with Crippen LogP contribution in [0.5, 0.6) is 0 Å². The first kappa shape index (κ1) is 14.1. The van der Waals surface area contributed by atoms with Crippen molar-refractivity contribution >= 4 is 33.3 Å². The molecule has 1 aliphatic carbocycles. The van der Waals surface area contributed by atoms with Crippen molar-refractivity contribution in [2.45, 2.75) is 19.3 Å². The largest absolute Gasteiger partial charge is 0.481 e. The third-order valence-corrected chi connectivity index (χ3v) is 4.79. The van der Waals surface area contributed by atoms with Gasteiger partial charge in [-0.05, 0) is 47.4 Å². The maximum Gasteiger partial charge on any atom is 0.308 e. The molecule has 5 heteroatoms. The molecule has 1 fully saturated rings. The summed E-state index contributed by atoms with van der Waals surface area (Å²) in [5, 5.41) is 15.0. The lowest BCUT2D eigenvalue weighted by Gasteiger charge is -2.13. The Kier molecular flexibility index (Phi) is 3.92. The fraction of sp³-hybridized carbons (Fsp3) is 0.375. The molecule has 2 aromatic rings. The number of carbonyl (C=O) groups is 2. The van der Waals surface area contributed by atoms with Crippen LogP contribution in [0.3, 0.4) is 0 Å². The van der Waals surface area contributed by atoms with E-state index < -0.39 is 11.9 Å². The van der Waals surface area contributed by atoms with Crippen LogP contribution in [0.15, 0.2) is 29.6 Å². The molecule has 1 saturated carbocycles. The van der Waals surface area contributed by atoms with Gasteiger partial charge < -0.3 is 10.4 Å². The molecule has 1 aromatic carbocycles. The van der Waals surface area contributed by atoms with E-state index in [1.807, 2.05) is 23.6 Å². The second kappa shape index (κ2) is 5.85.